The van der Waals surface area contributed by atoms with Crippen LogP contribution >= 0.6 is 0 Å². The Hall–Kier alpha value is -2.82. The number of sulfone groups is 1. The second kappa shape index (κ2) is 9.76. The van der Waals surface area contributed by atoms with E-state index in [1.165, 1.54) is 19.1 Å². The zero-order chi connectivity index (χ0) is 24.3. The molecule has 1 N–H and O–H groups in total. The summed E-state index contributed by atoms with van der Waals surface area (Å²) in [5.41, 5.74) is -0.521. The number of hydrogen-bond acceptors (Lipinski definition) is 4. The molecule has 0 fully saturated rings. The maximum Gasteiger partial charge on any atom is 0.433 e. The second-order valence-corrected chi connectivity index (χ2v) is 9.08. The van der Waals surface area contributed by atoms with Gasteiger partial charge in [0.25, 0.3) is 0 Å². The number of rotatable bonds is 7. The first-order valence-corrected chi connectivity index (χ1v) is 11.4. The Labute approximate surface area is 182 Å². The molecule has 0 aliphatic heterocycles. The summed E-state index contributed by atoms with van der Waals surface area (Å²) in [6, 6.07) is 2.77. The molecule has 2 aromatic rings. The van der Waals surface area contributed by atoms with E-state index in [0.29, 0.717) is 18.2 Å². The van der Waals surface area contributed by atoms with E-state index >= 15 is 0 Å². The molecule has 0 radical (unpaired) electrons. The number of carbonyl (C=O) groups is 1. The molecule has 1 aromatic heterocycles. The lowest BCUT2D eigenvalue weighted by Crippen LogP contribution is -2.25. The lowest BCUT2D eigenvalue weighted by molar-refractivity contribution is -0.141. The van der Waals surface area contributed by atoms with Gasteiger partial charge in [0.2, 0.25) is 5.91 Å². The van der Waals surface area contributed by atoms with Crippen LogP contribution in [0.1, 0.15) is 48.8 Å². The molecule has 1 heterocycles. The fourth-order valence-corrected chi connectivity index (χ4v) is 3.78. The molecular weight excluding hydrogens is 455 g/mol. The average molecular weight is 476 g/mol. The average Bonchev–Trinajstić information content (AvgIpc) is 2.64. The number of aromatic nitrogens is 1. The Morgan fingerprint density at radius 1 is 1.19 bits per heavy atom. The van der Waals surface area contributed by atoms with E-state index in [1.54, 1.807) is 6.92 Å². The summed E-state index contributed by atoms with van der Waals surface area (Å²) in [6.45, 7) is 3.21. The van der Waals surface area contributed by atoms with Crippen LogP contribution in [0, 0.1) is 11.6 Å². The number of benzene rings is 1. The van der Waals surface area contributed by atoms with Crippen molar-refractivity contribution in [3.63, 3.8) is 0 Å². The summed E-state index contributed by atoms with van der Waals surface area (Å²) < 4.78 is 89.7. The zero-order valence-electron chi connectivity index (χ0n) is 17.4. The van der Waals surface area contributed by atoms with E-state index < -0.39 is 50.2 Å². The SMILES string of the molecule is CCCc1nc(C(F)(F)F)ccc1C=CC(=O)N[C@H](C)c1cc(F)c(S(C)(=O)=O)c(F)c1. The summed E-state index contributed by atoms with van der Waals surface area (Å²) in [5, 5.41) is 2.46. The largest absolute Gasteiger partial charge is 0.433 e. The van der Waals surface area contributed by atoms with Crippen molar-refractivity contribution in [2.75, 3.05) is 6.26 Å². The van der Waals surface area contributed by atoms with E-state index in [4.69, 9.17) is 0 Å². The zero-order valence-corrected chi connectivity index (χ0v) is 18.2. The van der Waals surface area contributed by atoms with Gasteiger partial charge in [0.1, 0.15) is 22.2 Å². The summed E-state index contributed by atoms with van der Waals surface area (Å²) in [7, 11) is -4.12. The third kappa shape index (κ3) is 6.35. The van der Waals surface area contributed by atoms with Crippen molar-refractivity contribution in [3.8, 4) is 0 Å². The third-order valence-electron chi connectivity index (χ3n) is 4.45. The topological polar surface area (TPSA) is 76.1 Å². The van der Waals surface area contributed by atoms with Gasteiger partial charge in [0, 0.05) is 18.0 Å². The van der Waals surface area contributed by atoms with Crippen LogP contribution in [0.2, 0.25) is 0 Å². The molecular formula is C21H21F5N2O3S. The quantitative estimate of drug-likeness (QED) is 0.467. The summed E-state index contributed by atoms with van der Waals surface area (Å²) in [4.78, 5) is 14.8. The van der Waals surface area contributed by atoms with Crippen LogP contribution < -0.4 is 5.32 Å². The molecule has 0 saturated carbocycles. The Balaban J connectivity index is 2.20. The van der Waals surface area contributed by atoms with Crippen LogP contribution in [-0.2, 0) is 27.2 Å². The summed E-state index contributed by atoms with van der Waals surface area (Å²) in [5.74, 6) is -3.23. The highest BCUT2D eigenvalue weighted by molar-refractivity contribution is 7.90. The Bertz CT molecular complexity index is 1120. The molecule has 1 aromatic carbocycles. The molecule has 32 heavy (non-hydrogen) atoms. The maximum absolute atomic E-state index is 14.1. The Kier molecular flexibility index (Phi) is 7.76. The van der Waals surface area contributed by atoms with E-state index in [9.17, 15) is 35.2 Å². The fraction of sp³-hybridized carbons (Fsp3) is 0.333. The molecule has 11 heteroatoms. The lowest BCUT2D eigenvalue weighted by atomic mass is 10.1. The van der Waals surface area contributed by atoms with Gasteiger partial charge in [0.15, 0.2) is 9.84 Å². The van der Waals surface area contributed by atoms with Crippen molar-refractivity contribution in [1.29, 1.82) is 0 Å². The van der Waals surface area contributed by atoms with E-state index in [2.05, 4.69) is 10.3 Å². The molecule has 1 atom stereocenters. The van der Waals surface area contributed by atoms with Crippen LogP contribution in [0.25, 0.3) is 6.08 Å². The third-order valence-corrected chi connectivity index (χ3v) is 5.58. The lowest BCUT2D eigenvalue weighted by Gasteiger charge is -2.15. The van der Waals surface area contributed by atoms with Gasteiger partial charge in [-0.05, 0) is 48.7 Å². The van der Waals surface area contributed by atoms with Crippen molar-refractivity contribution < 1.29 is 35.2 Å². The van der Waals surface area contributed by atoms with Crippen molar-refractivity contribution in [2.24, 2.45) is 0 Å². The number of pyridine rings is 1. The maximum atomic E-state index is 14.1. The highest BCUT2D eigenvalue weighted by Crippen LogP contribution is 2.29. The Morgan fingerprint density at radius 3 is 2.28 bits per heavy atom. The highest BCUT2D eigenvalue weighted by atomic mass is 32.2. The number of nitrogens with one attached hydrogen (secondary N) is 1. The monoisotopic (exact) mass is 476 g/mol. The van der Waals surface area contributed by atoms with E-state index in [-0.39, 0.29) is 17.7 Å². The van der Waals surface area contributed by atoms with Crippen LogP contribution in [0.15, 0.2) is 35.2 Å². The first-order chi connectivity index (χ1) is 14.7. The van der Waals surface area contributed by atoms with Crippen molar-refractivity contribution >= 4 is 21.8 Å². The first kappa shape index (κ1) is 25.4. The van der Waals surface area contributed by atoms with Gasteiger partial charge in [-0.2, -0.15) is 13.2 Å². The van der Waals surface area contributed by atoms with Crippen molar-refractivity contribution in [3.05, 3.63) is 64.5 Å². The molecule has 0 aliphatic rings. The van der Waals surface area contributed by atoms with Gasteiger partial charge in [-0.1, -0.05) is 19.4 Å². The predicted molar refractivity (Wildman–Crippen MR) is 108 cm³/mol. The molecule has 5 nitrogen and oxygen atoms in total. The van der Waals surface area contributed by atoms with Crippen LogP contribution in [0.5, 0.6) is 0 Å². The molecule has 0 aliphatic carbocycles. The van der Waals surface area contributed by atoms with Crippen LogP contribution in [0.4, 0.5) is 22.0 Å². The number of carbonyl (C=O) groups excluding carboxylic acids is 1. The minimum Gasteiger partial charge on any atom is -0.346 e. The first-order valence-electron chi connectivity index (χ1n) is 9.48. The normalized spacial score (nSPS) is 13.4. The van der Waals surface area contributed by atoms with Crippen molar-refractivity contribution in [2.45, 2.75) is 43.8 Å². The number of aryl methyl sites for hydroxylation is 1. The smallest absolute Gasteiger partial charge is 0.346 e. The van der Waals surface area contributed by atoms with Gasteiger partial charge >= 0.3 is 6.18 Å². The summed E-state index contributed by atoms with van der Waals surface area (Å²) in [6.07, 6.45) is -0.737. The molecule has 174 valence electrons. The number of halogens is 5. The Morgan fingerprint density at radius 2 is 1.78 bits per heavy atom. The van der Waals surface area contributed by atoms with Gasteiger partial charge in [0.05, 0.1) is 6.04 Å². The van der Waals surface area contributed by atoms with Gasteiger partial charge in [-0.3, -0.25) is 4.79 Å². The van der Waals surface area contributed by atoms with E-state index in [0.717, 1.165) is 24.3 Å². The van der Waals surface area contributed by atoms with Crippen molar-refractivity contribution in [1.82, 2.24) is 10.3 Å². The van der Waals surface area contributed by atoms with Gasteiger partial charge < -0.3 is 5.32 Å². The summed E-state index contributed by atoms with van der Waals surface area (Å²) >= 11 is 0. The molecule has 0 bridgehead atoms. The predicted octanol–water partition coefficient (Wildman–Crippen LogP) is 4.63. The molecule has 0 saturated heterocycles. The highest BCUT2D eigenvalue weighted by Gasteiger charge is 2.32. The number of hydrogen-bond donors (Lipinski definition) is 1. The standard InChI is InChI=1S/C21H21F5N2O3S/c1-4-5-17-13(6-8-18(28-17)21(24,25)26)7-9-19(29)27-12(2)14-10-15(22)20(16(23)11-14)32(3,30)31/h6-12H,4-5H2,1-3H3,(H,27,29)/t12-/m1/s1. The number of alkyl halides is 3. The minimum absolute atomic E-state index is 0.00276. The fourth-order valence-electron chi connectivity index (χ4n) is 2.95. The number of nitrogens with zero attached hydrogens (tertiary/aromatic N) is 1. The van der Waals surface area contributed by atoms with E-state index in [1.807, 2.05) is 0 Å². The molecule has 0 spiro atoms. The van der Waals surface area contributed by atoms with Crippen LogP contribution in [-0.4, -0.2) is 25.6 Å². The molecule has 1 amide bonds. The van der Waals surface area contributed by atoms with Gasteiger partial charge in [-0.15, -0.1) is 0 Å². The number of amides is 1. The second-order valence-electron chi connectivity index (χ2n) is 7.13. The van der Waals surface area contributed by atoms with Gasteiger partial charge in [-0.25, -0.2) is 22.2 Å². The van der Waals surface area contributed by atoms with Crippen LogP contribution in [0.3, 0.4) is 0 Å². The molecule has 0 unspecified atom stereocenters. The minimum atomic E-state index is -4.59. The molecule has 2 rings (SSSR count).